The molecule has 50 heavy (non-hydrogen) atoms. The summed E-state index contributed by atoms with van der Waals surface area (Å²) in [5.41, 5.74) is 10.8. The van der Waals surface area contributed by atoms with Crippen LogP contribution in [0.4, 0.5) is 0 Å². The van der Waals surface area contributed by atoms with Gasteiger partial charge in [-0.15, -0.1) is 39.7 Å². The van der Waals surface area contributed by atoms with E-state index in [0.717, 1.165) is 12.8 Å². The van der Waals surface area contributed by atoms with Crippen LogP contribution in [0.2, 0.25) is 0 Å². The third-order valence-corrected chi connectivity index (χ3v) is 8.58. The molecule has 0 aliphatic heterocycles. The third-order valence-electron chi connectivity index (χ3n) is 8.58. The summed E-state index contributed by atoms with van der Waals surface area (Å²) in [5.74, 6) is 0. The largest absolute Gasteiger partial charge is 0.214 e. The zero-order valence-electron chi connectivity index (χ0n) is 32.8. The van der Waals surface area contributed by atoms with Crippen molar-refractivity contribution in [2.24, 2.45) is 0 Å². The van der Waals surface area contributed by atoms with Gasteiger partial charge in [0.1, 0.15) is 0 Å². The maximum atomic E-state index is 3.60. The molecule has 0 saturated carbocycles. The molecule has 6 rings (SSSR count). The minimum Gasteiger partial charge on any atom is -0.214 e. The smallest absolute Gasteiger partial charge is 0.172 e. The molecule has 0 nitrogen and oxygen atoms in total. The Bertz CT molecular complexity index is 1670. The van der Waals surface area contributed by atoms with E-state index in [4.69, 9.17) is 0 Å². The van der Waals surface area contributed by atoms with Crippen molar-refractivity contribution in [2.75, 3.05) is 0 Å². The molecule has 0 fully saturated rings. The second-order valence-electron chi connectivity index (χ2n) is 15.0. The summed E-state index contributed by atoms with van der Waals surface area (Å²) >= 11 is 1.30. The van der Waals surface area contributed by atoms with Gasteiger partial charge in [-0.2, -0.15) is 31.0 Å². The first-order valence-corrected chi connectivity index (χ1v) is 20.0. The maximum Gasteiger partial charge on any atom is -0.172 e. The molecule has 0 unspecified atom stereocenters. The number of fused-ring (bicyclic) bond motifs is 3. The van der Waals surface area contributed by atoms with Crippen molar-refractivity contribution >= 4 is 25.8 Å². The van der Waals surface area contributed by atoms with Crippen molar-refractivity contribution in [1.82, 2.24) is 0 Å². The third kappa shape index (κ3) is 12.3. The second-order valence-corrected chi connectivity index (χ2v) is 15.0. The molecule has 0 aliphatic rings. The first kappa shape index (κ1) is 43.0. The Hall–Kier alpha value is -3.15. The van der Waals surface area contributed by atoms with E-state index in [0.29, 0.717) is 0 Å². The number of aryl methyl sites for hydroxylation is 2. The van der Waals surface area contributed by atoms with Crippen molar-refractivity contribution in [2.45, 2.75) is 106 Å². The molecule has 266 valence electrons. The van der Waals surface area contributed by atoms with E-state index >= 15 is 0 Å². The predicted octanol–water partition coefficient (Wildman–Crippen LogP) is 14.9. The molecular weight excluding hydrogens is 680 g/mol. The minimum atomic E-state index is 0.0483. The summed E-state index contributed by atoms with van der Waals surface area (Å²) < 4.78 is 3.34. The van der Waals surface area contributed by atoms with Crippen LogP contribution in [-0.2, 0) is 35.1 Å². The van der Waals surface area contributed by atoms with Gasteiger partial charge in [-0.05, 0) is 58.1 Å². The predicted molar refractivity (Wildman–Crippen MR) is 224 cm³/mol. The molecular formula is C49H62Zr-4. The van der Waals surface area contributed by atoms with Gasteiger partial charge in [0.15, 0.2) is 0 Å². The summed E-state index contributed by atoms with van der Waals surface area (Å²) in [7, 11) is 0. The first-order valence-electron chi connectivity index (χ1n) is 18.2. The van der Waals surface area contributed by atoms with Gasteiger partial charge in [0, 0.05) is 0 Å². The Morgan fingerprint density at radius 2 is 0.900 bits per heavy atom. The van der Waals surface area contributed by atoms with Crippen LogP contribution in [0.15, 0.2) is 109 Å². The van der Waals surface area contributed by atoms with Crippen molar-refractivity contribution in [3.63, 3.8) is 0 Å². The molecule has 0 bridgehead atoms. The van der Waals surface area contributed by atoms with Gasteiger partial charge in [-0.1, -0.05) is 140 Å². The number of rotatable bonds is 4. The number of benzene rings is 4. The zero-order chi connectivity index (χ0) is 37.5. The molecule has 6 aromatic rings. The van der Waals surface area contributed by atoms with Crippen LogP contribution in [0.1, 0.15) is 103 Å². The van der Waals surface area contributed by atoms with Gasteiger partial charge in [0.25, 0.3) is 0 Å². The molecule has 0 spiro atoms. The first-order chi connectivity index (χ1) is 23.7. The van der Waals surface area contributed by atoms with E-state index in [9.17, 15) is 0 Å². The molecule has 1 heteroatoms. The van der Waals surface area contributed by atoms with E-state index in [1.807, 2.05) is 30.3 Å². The molecule has 0 heterocycles. The van der Waals surface area contributed by atoms with Crippen molar-refractivity contribution < 1.29 is 24.2 Å². The minimum absolute atomic E-state index is 0.0483. The fraction of sp³-hybridized carbons (Fsp3) is 0.327. The van der Waals surface area contributed by atoms with Crippen LogP contribution in [0.5, 0.6) is 0 Å². The van der Waals surface area contributed by atoms with E-state index in [1.54, 1.807) is 0 Å². The van der Waals surface area contributed by atoms with Crippen molar-refractivity contribution in [3.05, 3.63) is 145 Å². The van der Waals surface area contributed by atoms with Gasteiger partial charge in [0.05, 0.1) is 0 Å². The number of hydrogen-bond acceptors (Lipinski definition) is 0. The molecule has 0 N–H and O–H groups in total. The van der Waals surface area contributed by atoms with Crippen LogP contribution < -0.4 is 0 Å². The van der Waals surface area contributed by atoms with Crippen LogP contribution in [0, 0.1) is 27.7 Å². The van der Waals surface area contributed by atoms with E-state index < -0.39 is 0 Å². The van der Waals surface area contributed by atoms with Crippen molar-refractivity contribution in [1.29, 1.82) is 0 Å². The van der Waals surface area contributed by atoms with E-state index in [1.165, 1.54) is 103 Å². The fourth-order valence-electron chi connectivity index (χ4n) is 5.61. The summed E-state index contributed by atoms with van der Waals surface area (Å²) in [5, 5.41) is 5.37. The molecule has 0 radical (unpaired) electrons. The van der Waals surface area contributed by atoms with Gasteiger partial charge in [0.2, 0.25) is 0 Å². The fourth-order valence-corrected chi connectivity index (χ4v) is 5.61. The molecule has 0 aromatic heterocycles. The Labute approximate surface area is 321 Å². The topological polar surface area (TPSA) is 0 Å². The summed E-state index contributed by atoms with van der Waals surface area (Å²) in [6.07, 6.45) is 4.56. The van der Waals surface area contributed by atoms with Gasteiger partial charge in [-0.3, -0.25) is 0 Å². The van der Waals surface area contributed by atoms with E-state index in [-0.39, 0.29) is 10.8 Å². The quantitative estimate of drug-likeness (QED) is 0.158. The van der Waals surface area contributed by atoms with E-state index in [2.05, 4.69) is 166 Å². The summed E-state index contributed by atoms with van der Waals surface area (Å²) in [4.78, 5) is 0. The summed E-state index contributed by atoms with van der Waals surface area (Å²) in [6, 6.07) is 40.1. The standard InChI is InChI=1S/C35H37.C5H5.2C4H9.CH2.Zr/c1-22-9-13-24(14-10-22)30-18-26-17-27-19-31(25-15-11-23(2)12-16-25)33(35(6,7)8)21-29(27)28(26)20-32(30)34(3,4)5;1-2-4-5-3-1;2*1-3-4-2;;/h9-21H,1-8H3;1-5H;2*1,3-4H2,2H3;1H2;/q4*-1;;. The molecule has 0 aliphatic carbocycles. The Kier molecular flexibility index (Phi) is 17.8. The second kappa shape index (κ2) is 20.6. The summed E-state index contributed by atoms with van der Waals surface area (Å²) in [6.45, 7) is 29.7. The van der Waals surface area contributed by atoms with Crippen LogP contribution in [-0.4, -0.2) is 4.21 Å². The zero-order valence-corrected chi connectivity index (χ0v) is 35.3. The Balaban J connectivity index is 0.000000487. The van der Waals surface area contributed by atoms with Gasteiger partial charge in [-0.25, -0.2) is 12.1 Å². The molecule has 0 saturated heterocycles. The van der Waals surface area contributed by atoms with Crippen LogP contribution in [0.3, 0.4) is 0 Å². The molecule has 0 amide bonds. The van der Waals surface area contributed by atoms with Crippen molar-refractivity contribution in [3.8, 4) is 22.3 Å². The average Bonchev–Trinajstić information content (AvgIpc) is 3.80. The van der Waals surface area contributed by atoms with Gasteiger partial charge < -0.3 is 13.8 Å². The number of unbranched alkanes of at least 4 members (excludes halogenated alkanes) is 2. The Morgan fingerprint density at radius 3 is 1.14 bits per heavy atom. The monoisotopic (exact) mass is 740 g/mol. The Morgan fingerprint density at radius 1 is 0.580 bits per heavy atom. The molecule has 0 atom stereocenters. The molecule has 6 aromatic carbocycles. The number of hydrogen-bond donors (Lipinski definition) is 0. The van der Waals surface area contributed by atoms with Crippen LogP contribution in [0.25, 0.3) is 43.8 Å². The average molecular weight is 742 g/mol. The SMILES string of the molecule is Cc1ccc(-c2cc3[cH-]c4cc(-c5ccc(C)cc5)c(C(C)(C)C)cc4c3cc2C(C)(C)C)cc1.[CH2-]CCC.[CH2-]CCC.[CH2]=[Zr].c1cc[cH-]c1. The van der Waals surface area contributed by atoms with Crippen LogP contribution >= 0.6 is 0 Å². The van der Waals surface area contributed by atoms with Gasteiger partial charge >= 0.3 is 28.4 Å². The normalized spacial score (nSPS) is 10.9. The maximum absolute atomic E-state index is 3.60.